The van der Waals surface area contributed by atoms with Gasteiger partial charge in [-0.2, -0.15) is 0 Å². The molecule has 7 heteroatoms. The molecular weight excluding hydrogens is 482 g/mol. The van der Waals surface area contributed by atoms with Crippen LogP contribution >= 0.6 is 0 Å². The first kappa shape index (κ1) is 26.9. The van der Waals surface area contributed by atoms with Gasteiger partial charge < -0.3 is 5.32 Å². The monoisotopic (exact) mass is 519 g/mol. The number of rotatable bonds is 10. The molecule has 1 amide bonds. The van der Waals surface area contributed by atoms with Crippen LogP contribution in [0.2, 0.25) is 0 Å². The van der Waals surface area contributed by atoms with E-state index in [0.29, 0.717) is 18.2 Å². The van der Waals surface area contributed by atoms with Gasteiger partial charge in [0, 0.05) is 13.1 Å². The summed E-state index contributed by atoms with van der Waals surface area (Å²) in [5.41, 5.74) is 3.82. The molecule has 1 N–H and O–H groups in total. The Labute approximate surface area is 221 Å². The Hall–Kier alpha value is -3.16. The van der Waals surface area contributed by atoms with E-state index in [2.05, 4.69) is 36.2 Å². The molecule has 37 heavy (non-hydrogen) atoms. The number of nitrogens with zero attached hydrogens (tertiary/aromatic N) is 2. The summed E-state index contributed by atoms with van der Waals surface area (Å²) in [6.45, 7) is 7.47. The highest BCUT2D eigenvalue weighted by molar-refractivity contribution is 7.92. The second kappa shape index (κ2) is 12.4. The molecule has 3 aromatic rings. The third-order valence-electron chi connectivity index (χ3n) is 6.83. The van der Waals surface area contributed by atoms with Gasteiger partial charge in [-0.1, -0.05) is 74.9 Å². The molecule has 0 aromatic heterocycles. The molecule has 3 aromatic carbocycles. The van der Waals surface area contributed by atoms with Crippen molar-refractivity contribution in [2.75, 3.05) is 23.9 Å². The Bertz CT molecular complexity index is 1250. The zero-order valence-electron chi connectivity index (χ0n) is 21.8. The molecule has 1 heterocycles. The highest BCUT2D eigenvalue weighted by atomic mass is 32.2. The standard InChI is InChI=1S/C30H37N3O3S/c1-24(2)27-15-17-28(18-16-27)33(37(35,36)29-9-5-3-6-10-29)23-30(34)31-21-25-11-13-26(14-12-25)22-32-19-7-4-8-20-32/h3,5-6,9-18,24H,4,7-8,19-23H2,1-2H3,(H,31,34). The first-order valence-electron chi connectivity index (χ1n) is 13.1. The smallest absolute Gasteiger partial charge is 0.264 e. The van der Waals surface area contributed by atoms with Gasteiger partial charge in [0.1, 0.15) is 6.54 Å². The van der Waals surface area contributed by atoms with Crippen LogP contribution in [0.5, 0.6) is 0 Å². The van der Waals surface area contributed by atoms with Gasteiger partial charge >= 0.3 is 0 Å². The Kier molecular flexibility index (Phi) is 9.00. The number of anilines is 1. The molecule has 6 nitrogen and oxygen atoms in total. The fourth-order valence-corrected chi connectivity index (χ4v) is 6.03. The minimum Gasteiger partial charge on any atom is -0.350 e. The Morgan fingerprint density at radius 1 is 0.865 bits per heavy atom. The lowest BCUT2D eigenvalue weighted by Crippen LogP contribution is -2.40. The first-order valence-corrected chi connectivity index (χ1v) is 14.5. The lowest BCUT2D eigenvalue weighted by atomic mass is 10.0. The van der Waals surface area contributed by atoms with E-state index in [1.807, 2.05) is 24.3 Å². The normalized spacial score (nSPS) is 14.5. The van der Waals surface area contributed by atoms with Crippen molar-refractivity contribution in [3.8, 4) is 0 Å². The summed E-state index contributed by atoms with van der Waals surface area (Å²) in [4.78, 5) is 15.6. The van der Waals surface area contributed by atoms with Gasteiger partial charge in [0.2, 0.25) is 5.91 Å². The topological polar surface area (TPSA) is 69.7 Å². The average Bonchev–Trinajstić information content (AvgIpc) is 2.92. The van der Waals surface area contributed by atoms with Gasteiger partial charge in [-0.3, -0.25) is 14.0 Å². The summed E-state index contributed by atoms with van der Waals surface area (Å²) in [6.07, 6.45) is 3.86. The van der Waals surface area contributed by atoms with Gasteiger partial charge in [-0.05, 0) is 72.8 Å². The molecule has 0 bridgehead atoms. The minimum atomic E-state index is -3.92. The molecule has 0 aliphatic carbocycles. The van der Waals surface area contributed by atoms with E-state index < -0.39 is 10.0 Å². The SMILES string of the molecule is CC(C)c1ccc(N(CC(=O)NCc2ccc(CN3CCCCC3)cc2)S(=O)(=O)c2ccccc2)cc1. The number of sulfonamides is 1. The lowest BCUT2D eigenvalue weighted by Gasteiger charge is -2.26. The Morgan fingerprint density at radius 2 is 1.49 bits per heavy atom. The van der Waals surface area contributed by atoms with Crippen LogP contribution in [0.25, 0.3) is 0 Å². The van der Waals surface area contributed by atoms with Crippen LogP contribution in [0.3, 0.4) is 0 Å². The number of hydrogen-bond donors (Lipinski definition) is 1. The Morgan fingerprint density at radius 3 is 2.11 bits per heavy atom. The molecule has 1 aliphatic heterocycles. The van der Waals surface area contributed by atoms with E-state index in [-0.39, 0.29) is 17.3 Å². The highest BCUT2D eigenvalue weighted by Crippen LogP contribution is 2.26. The van der Waals surface area contributed by atoms with E-state index in [1.165, 1.54) is 29.1 Å². The molecule has 0 radical (unpaired) electrons. The van der Waals surface area contributed by atoms with Gasteiger partial charge in [0.25, 0.3) is 10.0 Å². The van der Waals surface area contributed by atoms with Gasteiger partial charge in [-0.25, -0.2) is 8.42 Å². The van der Waals surface area contributed by atoms with Crippen molar-refractivity contribution in [1.29, 1.82) is 0 Å². The second-order valence-electron chi connectivity index (χ2n) is 10.0. The number of carbonyl (C=O) groups excluding carboxylic acids is 1. The van der Waals surface area contributed by atoms with Crippen LogP contribution in [0.4, 0.5) is 5.69 Å². The quantitative estimate of drug-likeness (QED) is 0.394. The van der Waals surface area contributed by atoms with Crippen molar-refractivity contribution in [3.05, 3.63) is 95.6 Å². The predicted octanol–water partition coefficient (Wildman–Crippen LogP) is 5.31. The molecule has 0 saturated carbocycles. The molecule has 1 saturated heterocycles. The Balaban J connectivity index is 1.43. The fraction of sp³-hybridized carbons (Fsp3) is 0.367. The summed E-state index contributed by atoms with van der Waals surface area (Å²) in [7, 11) is -3.92. The molecule has 1 fully saturated rings. The number of carbonyl (C=O) groups is 1. The number of likely N-dealkylation sites (tertiary alicyclic amines) is 1. The van der Waals surface area contributed by atoms with Crippen LogP contribution in [0.15, 0.2) is 83.8 Å². The average molecular weight is 520 g/mol. The largest absolute Gasteiger partial charge is 0.350 e. The van der Waals surface area contributed by atoms with Crippen LogP contribution in [0.1, 0.15) is 55.7 Å². The fourth-order valence-electron chi connectivity index (χ4n) is 4.59. The number of amides is 1. The minimum absolute atomic E-state index is 0.153. The van der Waals surface area contributed by atoms with Crippen molar-refractivity contribution in [2.24, 2.45) is 0 Å². The van der Waals surface area contributed by atoms with Gasteiger partial charge in [-0.15, -0.1) is 0 Å². The van der Waals surface area contributed by atoms with Gasteiger partial charge in [0.15, 0.2) is 0 Å². The van der Waals surface area contributed by atoms with Crippen molar-refractivity contribution in [2.45, 2.75) is 57.0 Å². The zero-order valence-corrected chi connectivity index (χ0v) is 22.6. The van der Waals surface area contributed by atoms with Crippen molar-refractivity contribution >= 4 is 21.6 Å². The summed E-state index contributed by atoms with van der Waals surface area (Å²) in [5.74, 6) is -0.0346. The zero-order chi connectivity index (χ0) is 26.3. The third kappa shape index (κ3) is 7.21. The van der Waals surface area contributed by atoms with Crippen LogP contribution in [0, 0.1) is 0 Å². The lowest BCUT2D eigenvalue weighted by molar-refractivity contribution is -0.119. The molecular formula is C30H37N3O3S. The molecule has 0 unspecified atom stereocenters. The number of piperidine rings is 1. The van der Waals surface area contributed by atoms with Crippen LogP contribution in [-0.4, -0.2) is 38.9 Å². The van der Waals surface area contributed by atoms with Gasteiger partial charge in [0.05, 0.1) is 10.6 Å². The number of benzene rings is 3. The molecule has 0 atom stereocenters. The summed E-state index contributed by atoms with van der Waals surface area (Å²) < 4.78 is 28.2. The van der Waals surface area contributed by atoms with Crippen LogP contribution in [-0.2, 0) is 27.9 Å². The maximum Gasteiger partial charge on any atom is 0.264 e. The maximum absolute atomic E-state index is 13.5. The summed E-state index contributed by atoms with van der Waals surface area (Å²) in [5, 5.41) is 2.90. The molecule has 1 aliphatic rings. The van der Waals surface area contributed by atoms with Crippen molar-refractivity contribution < 1.29 is 13.2 Å². The van der Waals surface area contributed by atoms with Crippen molar-refractivity contribution in [1.82, 2.24) is 10.2 Å². The molecule has 4 rings (SSSR count). The first-order chi connectivity index (χ1) is 17.8. The van der Waals surface area contributed by atoms with E-state index in [1.54, 1.807) is 42.5 Å². The number of hydrogen-bond acceptors (Lipinski definition) is 4. The van der Waals surface area contributed by atoms with Crippen LogP contribution < -0.4 is 9.62 Å². The molecule has 0 spiro atoms. The summed E-state index contributed by atoms with van der Waals surface area (Å²) >= 11 is 0. The summed E-state index contributed by atoms with van der Waals surface area (Å²) in [6, 6.07) is 23.9. The second-order valence-corrected chi connectivity index (χ2v) is 11.9. The third-order valence-corrected chi connectivity index (χ3v) is 8.62. The predicted molar refractivity (Wildman–Crippen MR) is 149 cm³/mol. The number of nitrogens with one attached hydrogen (secondary N) is 1. The maximum atomic E-state index is 13.5. The van der Waals surface area contributed by atoms with E-state index in [9.17, 15) is 13.2 Å². The van der Waals surface area contributed by atoms with Crippen molar-refractivity contribution in [3.63, 3.8) is 0 Å². The van der Waals surface area contributed by atoms with E-state index in [4.69, 9.17) is 0 Å². The van der Waals surface area contributed by atoms with E-state index in [0.717, 1.165) is 30.8 Å². The molecule has 196 valence electrons. The van der Waals surface area contributed by atoms with E-state index >= 15 is 0 Å². The highest BCUT2D eigenvalue weighted by Gasteiger charge is 2.27.